The number of anilines is 1. The van der Waals surface area contributed by atoms with Crippen molar-refractivity contribution in [1.29, 1.82) is 0 Å². The number of thioether (sulfide) groups is 1. The van der Waals surface area contributed by atoms with Gasteiger partial charge in [0.25, 0.3) is 0 Å². The van der Waals surface area contributed by atoms with Crippen LogP contribution in [-0.4, -0.2) is 82.0 Å². The van der Waals surface area contributed by atoms with E-state index in [0.717, 1.165) is 56.8 Å². The maximum atomic E-state index is 16.1. The van der Waals surface area contributed by atoms with Gasteiger partial charge < -0.3 is 9.80 Å². The molecule has 1 aromatic heterocycles. The Bertz CT molecular complexity index is 1660. The van der Waals surface area contributed by atoms with Gasteiger partial charge in [-0.2, -0.15) is 18.2 Å². The lowest BCUT2D eigenvalue weighted by atomic mass is 9.82. The van der Waals surface area contributed by atoms with Crippen molar-refractivity contribution >= 4 is 51.6 Å². The number of hydrogen-bond donors (Lipinski definition) is 0. The zero-order valence-corrected chi connectivity index (χ0v) is 25.6. The first-order chi connectivity index (χ1) is 20.8. The third kappa shape index (κ3) is 5.44. The van der Waals surface area contributed by atoms with Gasteiger partial charge >= 0.3 is 11.9 Å². The van der Waals surface area contributed by atoms with Crippen molar-refractivity contribution < 1.29 is 26.7 Å². The number of alkyl halides is 4. The van der Waals surface area contributed by atoms with Gasteiger partial charge in [-0.05, 0) is 56.6 Å². The SMILES string of the molecule is C=CC(=O)N1CCN(c2nc(=O)n3c4c(c(C5=CC(Cl)=C(F)CC5(C)F)c(C(F)(F)F)cc24)SCC(N2CCCC2)C3)CC1. The number of carbonyl (C=O) groups is 1. The van der Waals surface area contributed by atoms with Crippen LogP contribution in [-0.2, 0) is 17.5 Å². The molecule has 2 unspecified atom stereocenters. The summed E-state index contributed by atoms with van der Waals surface area (Å²) in [5, 5.41) is -0.345. The molecule has 0 radical (unpaired) electrons. The zero-order chi connectivity index (χ0) is 31.6. The third-order valence-corrected chi connectivity index (χ3v) is 10.4. The van der Waals surface area contributed by atoms with E-state index in [4.69, 9.17) is 11.6 Å². The van der Waals surface area contributed by atoms with E-state index in [1.165, 1.54) is 10.6 Å². The van der Waals surface area contributed by atoms with Crippen LogP contribution in [0.15, 0.2) is 45.3 Å². The second-order valence-corrected chi connectivity index (χ2v) is 13.2. The first-order valence-corrected chi connectivity index (χ1v) is 15.8. The molecular formula is C30H31ClF5N5O2S. The largest absolute Gasteiger partial charge is 0.417 e. The summed E-state index contributed by atoms with van der Waals surface area (Å²) in [6.07, 6.45) is -1.65. The molecule has 0 spiro atoms. The minimum absolute atomic E-state index is 0.0788. The molecule has 2 aromatic rings. The molecule has 44 heavy (non-hydrogen) atoms. The van der Waals surface area contributed by atoms with Crippen molar-refractivity contribution in [3.8, 4) is 0 Å². The normalized spacial score (nSPS) is 25.0. The van der Waals surface area contributed by atoms with E-state index in [9.17, 15) is 14.0 Å². The Morgan fingerprint density at radius 1 is 1.18 bits per heavy atom. The summed E-state index contributed by atoms with van der Waals surface area (Å²) in [6.45, 7) is 7.36. The number of likely N-dealkylation sites (tertiary alicyclic amines) is 1. The summed E-state index contributed by atoms with van der Waals surface area (Å²) in [5.74, 6) is -0.773. The second-order valence-electron chi connectivity index (χ2n) is 11.8. The van der Waals surface area contributed by atoms with Crippen LogP contribution in [0.25, 0.3) is 16.5 Å². The van der Waals surface area contributed by atoms with Gasteiger partial charge in [0.1, 0.15) is 17.3 Å². The summed E-state index contributed by atoms with van der Waals surface area (Å²) < 4.78 is 77.0. The third-order valence-electron chi connectivity index (χ3n) is 8.89. The van der Waals surface area contributed by atoms with Crippen LogP contribution in [0.2, 0.25) is 0 Å². The molecule has 1 aromatic carbocycles. The van der Waals surface area contributed by atoms with Crippen LogP contribution in [0.4, 0.5) is 27.8 Å². The number of benzene rings is 1. The Morgan fingerprint density at radius 3 is 2.50 bits per heavy atom. The molecule has 2 saturated heterocycles. The number of aromatic nitrogens is 2. The number of halogens is 6. The molecule has 2 atom stereocenters. The molecule has 0 N–H and O–H groups in total. The van der Waals surface area contributed by atoms with Gasteiger partial charge in [0, 0.05) is 66.8 Å². The van der Waals surface area contributed by atoms with Crippen LogP contribution < -0.4 is 10.6 Å². The Labute approximate surface area is 260 Å². The summed E-state index contributed by atoms with van der Waals surface area (Å²) >= 11 is 7.21. The van der Waals surface area contributed by atoms with Gasteiger partial charge in [-0.1, -0.05) is 18.2 Å². The van der Waals surface area contributed by atoms with Gasteiger partial charge in [-0.25, -0.2) is 13.6 Å². The maximum Gasteiger partial charge on any atom is 0.417 e. The first-order valence-electron chi connectivity index (χ1n) is 14.5. The number of piperazine rings is 1. The molecule has 4 heterocycles. The number of rotatable bonds is 4. The summed E-state index contributed by atoms with van der Waals surface area (Å²) in [7, 11) is 0. The van der Waals surface area contributed by atoms with Crippen molar-refractivity contribution in [3.63, 3.8) is 0 Å². The number of carbonyl (C=O) groups excluding carboxylic acids is 1. The predicted molar refractivity (Wildman–Crippen MR) is 161 cm³/mol. The van der Waals surface area contributed by atoms with E-state index in [-0.39, 0.29) is 71.9 Å². The molecule has 0 saturated carbocycles. The van der Waals surface area contributed by atoms with Crippen LogP contribution >= 0.6 is 23.4 Å². The highest BCUT2D eigenvalue weighted by atomic mass is 35.5. The fourth-order valence-corrected chi connectivity index (χ4v) is 8.21. The maximum absolute atomic E-state index is 16.1. The number of hydrogen-bond acceptors (Lipinski definition) is 6. The monoisotopic (exact) mass is 655 g/mol. The lowest BCUT2D eigenvalue weighted by Gasteiger charge is -2.36. The summed E-state index contributed by atoms with van der Waals surface area (Å²) in [4.78, 5) is 35.8. The number of nitrogens with zero attached hydrogens (tertiary/aromatic N) is 5. The van der Waals surface area contributed by atoms with E-state index >= 15 is 17.6 Å². The van der Waals surface area contributed by atoms with E-state index in [2.05, 4.69) is 16.5 Å². The molecule has 2 fully saturated rings. The molecular weight excluding hydrogens is 625 g/mol. The molecule has 236 valence electrons. The molecule has 0 bridgehead atoms. The average molecular weight is 656 g/mol. The van der Waals surface area contributed by atoms with Gasteiger partial charge in [0.05, 0.1) is 16.1 Å². The molecule has 1 aliphatic carbocycles. The average Bonchev–Trinajstić information content (AvgIpc) is 3.44. The number of allylic oxidation sites excluding steroid dienone is 4. The van der Waals surface area contributed by atoms with Crippen molar-refractivity contribution in [3.05, 3.63) is 57.3 Å². The summed E-state index contributed by atoms with van der Waals surface area (Å²) in [5.41, 5.74) is -4.80. The Hall–Kier alpha value is -2.90. The highest BCUT2D eigenvalue weighted by Crippen LogP contribution is 2.52. The van der Waals surface area contributed by atoms with E-state index in [0.29, 0.717) is 5.75 Å². The van der Waals surface area contributed by atoms with Crippen LogP contribution in [0.1, 0.15) is 37.3 Å². The smallest absolute Gasteiger partial charge is 0.352 e. The van der Waals surface area contributed by atoms with E-state index in [1.807, 2.05) is 0 Å². The van der Waals surface area contributed by atoms with Gasteiger partial charge in [0.2, 0.25) is 5.91 Å². The van der Waals surface area contributed by atoms with Crippen LogP contribution in [0.5, 0.6) is 0 Å². The van der Waals surface area contributed by atoms with Crippen molar-refractivity contribution in [1.82, 2.24) is 19.4 Å². The fourth-order valence-electron chi connectivity index (χ4n) is 6.63. The summed E-state index contributed by atoms with van der Waals surface area (Å²) in [6, 6.07) is 0.765. The van der Waals surface area contributed by atoms with E-state index in [1.54, 1.807) is 9.80 Å². The quantitative estimate of drug-likeness (QED) is 0.309. The van der Waals surface area contributed by atoms with Crippen LogP contribution in [0.3, 0.4) is 0 Å². The lowest BCUT2D eigenvalue weighted by molar-refractivity contribution is -0.137. The molecule has 1 amide bonds. The lowest BCUT2D eigenvalue weighted by Crippen LogP contribution is -2.49. The molecule has 6 rings (SSSR count). The van der Waals surface area contributed by atoms with Crippen molar-refractivity contribution in [2.45, 2.75) is 55.5 Å². The minimum Gasteiger partial charge on any atom is -0.352 e. The molecule has 3 aliphatic heterocycles. The van der Waals surface area contributed by atoms with Gasteiger partial charge in [0.15, 0.2) is 0 Å². The van der Waals surface area contributed by atoms with Crippen molar-refractivity contribution in [2.75, 3.05) is 49.9 Å². The zero-order valence-electron chi connectivity index (χ0n) is 24.0. The molecule has 14 heteroatoms. The topological polar surface area (TPSA) is 61.7 Å². The Morgan fingerprint density at radius 2 is 1.86 bits per heavy atom. The van der Waals surface area contributed by atoms with Crippen LogP contribution in [0, 0.1) is 0 Å². The predicted octanol–water partition coefficient (Wildman–Crippen LogP) is 5.76. The standard InChI is InChI=1S/C30H31ClF5N5O2S/c1-3-23(42)39-8-10-40(11-9-39)27-18-12-20(30(34,35)36)24(19-13-21(31)22(32)14-29(19,2)33)26-25(18)41(28(43)37-27)15-17(16-44-26)38-6-4-5-7-38/h3,12-13,17H,1,4-11,14-16H2,2H3. The molecule has 4 aliphatic rings. The first kappa shape index (κ1) is 31.1. The number of amides is 1. The van der Waals surface area contributed by atoms with E-state index < -0.39 is 45.9 Å². The van der Waals surface area contributed by atoms with Crippen molar-refractivity contribution in [2.24, 2.45) is 0 Å². The fraction of sp³-hybridized carbons (Fsp3) is 0.500. The highest BCUT2D eigenvalue weighted by Gasteiger charge is 2.45. The highest BCUT2D eigenvalue weighted by molar-refractivity contribution is 7.99. The second kappa shape index (κ2) is 11.5. The molecule has 7 nitrogen and oxygen atoms in total. The minimum atomic E-state index is -4.93. The van der Waals surface area contributed by atoms with Gasteiger partial charge in [-0.15, -0.1) is 11.8 Å². The van der Waals surface area contributed by atoms with Gasteiger partial charge in [-0.3, -0.25) is 14.3 Å². The Kier molecular flexibility index (Phi) is 8.11. The Balaban J connectivity index is 1.62.